The number of nitrogens with two attached hydrogens (primary N) is 1. The minimum absolute atomic E-state index is 0.0311. The maximum Gasteiger partial charge on any atom is 0.309 e. The van der Waals surface area contributed by atoms with Crippen LogP contribution in [0.15, 0.2) is 0 Å². The molecule has 0 aliphatic rings. The number of carboxylic acid groups (broad SMARTS) is 1. The molecule has 0 heterocycles. The maximum atomic E-state index is 10.7. The molecule has 0 aliphatic heterocycles. The molecule has 0 bridgehead atoms. The summed E-state index contributed by atoms with van der Waals surface area (Å²) in [5.74, 6) is -0.249. The van der Waals surface area contributed by atoms with Gasteiger partial charge in [0, 0.05) is 12.3 Å². The zero-order chi connectivity index (χ0) is 9.78. The Morgan fingerprint density at radius 3 is 2.58 bits per heavy atom. The maximum absolute atomic E-state index is 10.7. The van der Waals surface area contributed by atoms with Crippen LogP contribution in [0, 0.1) is 5.41 Å². The highest BCUT2D eigenvalue weighted by Crippen LogP contribution is 2.25. The first-order valence-corrected chi connectivity index (χ1v) is 5.20. The average Bonchev–Trinajstić information content (AvgIpc) is 2.00. The highest BCUT2D eigenvalue weighted by molar-refractivity contribution is 8.10. The lowest BCUT2D eigenvalue weighted by Gasteiger charge is -2.19. The minimum atomic E-state index is -0.785. The van der Waals surface area contributed by atoms with E-state index in [1.165, 1.54) is 11.8 Å². The summed E-state index contributed by atoms with van der Waals surface area (Å²) in [6.07, 6.45) is 0. The van der Waals surface area contributed by atoms with Crippen molar-refractivity contribution in [3.63, 3.8) is 0 Å². The Kier molecular flexibility index (Phi) is 5.04. The van der Waals surface area contributed by atoms with E-state index in [9.17, 15) is 4.79 Å². The third-order valence-electron chi connectivity index (χ3n) is 1.42. The summed E-state index contributed by atoms with van der Waals surface area (Å²) in [6, 6.07) is 0. The Morgan fingerprint density at radius 1 is 1.75 bits per heavy atom. The molecular weight excluding hydrogens is 194 g/mol. The molecule has 0 rings (SSSR count). The molecule has 1 unspecified atom stereocenters. The standard InChI is InChI=1S/C7H15NO2S2/c1-7(2,6(9)10)4-12-5(11)3-8/h5,11H,3-4,8H2,1-2H3,(H,9,10). The van der Waals surface area contributed by atoms with Gasteiger partial charge in [-0.3, -0.25) is 4.79 Å². The van der Waals surface area contributed by atoms with Crippen LogP contribution >= 0.6 is 24.4 Å². The molecule has 72 valence electrons. The van der Waals surface area contributed by atoms with Gasteiger partial charge in [0.05, 0.1) is 10.00 Å². The van der Waals surface area contributed by atoms with Crippen molar-refractivity contribution < 1.29 is 9.90 Å². The van der Waals surface area contributed by atoms with Crippen molar-refractivity contribution in [3.05, 3.63) is 0 Å². The zero-order valence-electron chi connectivity index (χ0n) is 7.28. The summed E-state index contributed by atoms with van der Waals surface area (Å²) in [6.45, 7) is 3.85. The first-order chi connectivity index (χ1) is 5.40. The largest absolute Gasteiger partial charge is 0.481 e. The second-order valence-corrected chi connectivity index (χ2v) is 5.35. The molecule has 12 heavy (non-hydrogen) atoms. The van der Waals surface area contributed by atoms with E-state index in [0.29, 0.717) is 12.3 Å². The first kappa shape index (κ1) is 12.1. The smallest absolute Gasteiger partial charge is 0.309 e. The van der Waals surface area contributed by atoms with Crippen LogP contribution < -0.4 is 5.73 Å². The van der Waals surface area contributed by atoms with E-state index < -0.39 is 11.4 Å². The number of rotatable bonds is 5. The monoisotopic (exact) mass is 209 g/mol. The Hall–Kier alpha value is 0.130. The Labute approximate surface area is 82.5 Å². The van der Waals surface area contributed by atoms with E-state index in [2.05, 4.69) is 12.6 Å². The molecule has 0 spiro atoms. The van der Waals surface area contributed by atoms with Crippen LogP contribution in [0.1, 0.15) is 13.8 Å². The number of thiol groups is 1. The SMILES string of the molecule is CC(C)(CSC(S)CN)C(=O)O. The van der Waals surface area contributed by atoms with Gasteiger partial charge in [0.1, 0.15) is 0 Å². The van der Waals surface area contributed by atoms with Crippen LogP contribution in [0.3, 0.4) is 0 Å². The second kappa shape index (κ2) is 4.99. The fraction of sp³-hybridized carbons (Fsp3) is 0.857. The Morgan fingerprint density at radius 2 is 2.25 bits per heavy atom. The van der Waals surface area contributed by atoms with Crippen molar-refractivity contribution >= 4 is 30.4 Å². The molecule has 0 saturated heterocycles. The van der Waals surface area contributed by atoms with Gasteiger partial charge in [0.2, 0.25) is 0 Å². The Bertz CT molecular complexity index is 161. The number of hydrogen-bond donors (Lipinski definition) is 3. The molecule has 0 fully saturated rings. The third-order valence-corrected chi connectivity index (χ3v) is 3.54. The van der Waals surface area contributed by atoms with Crippen molar-refractivity contribution in [2.75, 3.05) is 12.3 Å². The highest BCUT2D eigenvalue weighted by atomic mass is 32.2. The number of aliphatic carboxylic acids is 1. The number of carboxylic acids is 1. The van der Waals surface area contributed by atoms with E-state index in [1.807, 2.05) is 0 Å². The van der Waals surface area contributed by atoms with Gasteiger partial charge in [-0.25, -0.2) is 0 Å². The van der Waals surface area contributed by atoms with Crippen LogP contribution in [0.25, 0.3) is 0 Å². The summed E-state index contributed by atoms with van der Waals surface area (Å²) in [7, 11) is 0. The third kappa shape index (κ3) is 4.23. The number of thioether (sulfide) groups is 1. The molecule has 1 atom stereocenters. The van der Waals surface area contributed by atoms with E-state index in [1.54, 1.807) is 13.8 Å². The molecule has 0 radical (unpaired) electrons. The summed E-state index contributed by atoms with van der Waals surface area (Å²) in [5.41, 5.74) is 4.64. The zero-order valence-corrected chi connectivity index (χ0v) is 8.99. The van der Waals surface area contributed by atoms with Crippen LogP contribution in [-0.4, -0.2) is 28.0 Å². The van der Waals surface area contributed by atoms with Crippen molar-refractivity contribution in [2.24, 2.45) is 11.1 Å². The first-order valence-electron chi connectivity index (χ1n) is 3.63. The number of carbonyl (C=O) groups is 1. The van der Waals surface area contributed by atoms with Crippen molar-refractivity contribution in [1.82, 2.24) is 0 Å². The fourth-order valence-corrected chi connectivity index (χ4v) is 1.53. The minimum Gasteiger partial charge on any atom is -0.481 e. The van der Waals surface area contributed by atoms with Gasteiger partial charge in [0.25, 0.3) is 0 Å². The van der Waals surface area contributed by atoms with Crippen LogP contribution in [0.2, 0.25) is 0 Å². The van der Waals surface area contributed by atoms with Crippen LogP contribution in [-0.2, 0) is 4.79 Å². The summed E-state index contributed by atoms with van der Waals surface area (Å²) >= 11 is 5.63. The van der Waals surface area contributed by atoms with Gasteiger partial charge in [-0.05, 0) is 13.8 Å². The molecule has 0 aromatic heterocycles. The lowest BCUT2D eigenvalue weighted by atomic mass is 9.97. The lowest BCUT2D eigenvalue weighted by Crippen LogP contribution is -2.27. The molecule has 0 saturated carbocycles. The second-order valence-electron chi connectivity index (χ2n) is 3.19. The summed E-state index contributed by atoms with van der Waals surface area (Å²) in [4.78, 5) is 10.7. The average molecular weight is 209 g/mol. The predicted octanol–water partition coefficient (Wildman–Crippen LogP) is 1.05. The van der Waals surface area contributed by atoms with Gasteiger partial charge in [0.15, 0.2) is 0 Å². The molecule has 3 N–H and O–H groups in total. The van der Waals surface area contributed by atoms with Crippen molar-refractivity contribution in [1.29, 1.82) is 0 Å². The van der Waals surface area contributed by atoms with E-state index in [4.69, 9.17) is 10.8 Å². The van der Waals surface area contributed by atoms with E-state index in [-0.39, 0.29) is 4.58 Å². The molecule has 3 nitrogen and oxygen atoms in total. The van der Waals surface area contributed by atoms with E-state index >= 15 is 0 Å². The van der Waals surface area contributed by atoms with Gasteiger partial charge in [-0.15, -0.1) is 11.8 Å². The molecule has 0 amide bonds. The van der Waals surface area contributed by atoms with Gasteiger partial charge >= 0.3 is 5.97 Å². The van der Waals surface area contributed by atoms with Gasteiger partial charge < -0.3 is 10.8 Å². The molecule has 0 aromatic carbocycles. The van der Waals surface area contributed by atoms with Crippen LogP contribution in [0.5, 0.6) is 0 Å². The number of hydrogen-bond acceptors (Lipinski definition) is 4. The van der Waals surface area contributed by atoms with Crippen molar-refractivity contribution in [2.45, 2.75) is 18.4 Å². The van der Waals surface area contributed by atoms with Crippen molar-refractivity contribution in [3.8, 4) is 0 Å². The quantitative estimate of drug-likeness (QED) is 0.468. The van der Waals surface area contributed by atoms with E-state index in [0.717, 1.165) is 0 Å². The predicted molar refractivity (Wildman–Crippen MR) is 55.7 cm³/mol. The Balaban J connectivity index is 3.83. The normalized spacial score (nSPS) is 14.3. The molecule has 0 aliphatic carbocycles. The fourth-order valence-electron chi connectivity index (χ4n) is 0.434. The van der Waals surface area contributed by atoms with Gasteiger partial charge in [-0.1, -0.05) is 0 Å². The molecule has 0 aromatic rings. The summed E-state index contributed by atoms with van der Waals surface area (Å²) in [5, 5.41) is 8.76. The van der Waals surface area contributed by atoms with Gasteiger partial charge in [-0.2, -0.15) is 12.6 Å². The highest BCUT2D eigenvalue weighted by Gasteiger charge is 2.27. The molecule has 5 heteroatoms. The summed E-state index contributed by atoms with van der Waals surface area (Å²) < 4.78 is 0.0311. The molecular formula is C7H15NO2S2. The topological polar surface area (TPSA) is 63.3 Å². The lowest BCUT2D eigenvalue weighted by molar-refractivity contribution is -0.145. The van der Waals surface area contributed by atoms with Crippen LogP contribution in [0.4, 0.5) is 0 Å².